The molecule has 3 rings (SSSR count). The van der Waals surface area contributed by atoms with Gasteiger partial charge in [0.1, 0.15) is 0 Å². The highest BCUT2D eigenvalue weighted by Gasteiger charge is 2.12. The molecule has 0 radical (unpaired) electrons. The summed E-state index contributed by atoms with van der Waals surface area (Å²) in [6, 6.07) is 24.3. The fraction of sp³-hybridized carbons (Fsp3) is 0.0476. The molecule has 0 fully saturated rings. The quantitative estimate of drug-likeness (QED) is 0.318. The normalized spacial score (nSPS) is 10.3. The van der Waals surface area contributed by atoms with Crippen molar-refractivity contribution in [1.29, 1.82) is 0 Å². The highest BCUT2D eigenvalue weighted by Crippen LogP contribution is 2.19. The van der Waals surface area contributed by atoms with Crippen LogP contribution in [0.5, 0.6) is 0 Å². The van der Waals surface area contributed by atoms with Gasteiger partial charge in [0.05, 0.1) is 5.56 Å². The lowest BCUT2D eigenvalue weighted by Crippen LogP contribution is -2.14. The summed E-state index contributed by atoms with van der Waals surface area (Å²) in [6.45, 7) is -0.269. The average Bonchev–Trinajstić information content (AvgIpc) is 2.66. The van der Waals surface area contributed by atoms with E-state index < -0.39 is 5.97 Å². The van der Waals surface area contributed by atoms with Gasteiger partial charge in [-0.3, -0.25) is 4.79 Å². The first kappa shape index (κ1) is 17.4. The number of rotatable bonds is 5. The van der Waals surface area contributed by atoms with E-state index in [-0.39, 0.29) is 12.4 Å². The third-order valence-electron chi connectivity index (χ3n) is 3.71. The summed E-state index contributed by atoms with van der Waals surface area (Å²) in [5.74, 6) is -0.716. The van der Waals surface area contributed by atoms with Gasteiger partial charge >= 0.3 is 5.97 Å². The van der Waals surface area contributed by atoms with E-state index in [0.717, 1.165) is 14.7 Å². The Labute approximate surface area is 159 Å². The minimum Gasteiger partial charge on any atom is -0.454 e. The number of esters is 1. The number of ketones is 1. The predicted octanol–water partition coefficient (Wildman–Crippen LogP) is 5.00. The Morgan fingerprint density at radius 1 is 0.760 bits per heavy atom. The molecule has 0 aliphatic rings. The van der Waals surface area contributed by atoms with E-state index in [0.29, 0.717) is 11.1 Å². The molecule has 0 heterocycles. The van der Waals surface area contributed by atoms with E-state index in [1.807, 2.05) is 48.5 Å². The lowest BCUT2D eigenvalue weighted by molar-refractivity contribution is 0.0474. The first-order chi connectivity index (χ1) is 12.1. The molecule has 0 saturated carbocycles. The van der Waals surface area contributed by atoms with Gasteiger partial charge in [-0.25, -0.2) is 4.79 Å². The lowest BCUT2D eigenvalue weighted by Gasteiger charge is -2.06. The summed E-state index contributed by atoms with van der Waals surface area (Å²) >= 11 is 2.12. The number of hydrogen-bond acceptors (Lipinski definition) is 3. The van der Waals surface area contributed by atoms with Gasteiger partial charge in [-0.05, 0) is 51.9 Å². The fourth-order valence-corrected chi connectivity index (χ4v) is 2.94. The molecule has 3 aromatic rings. The van der Waals surface area contributed by atoms with E-state index in [1.54, 1.807) is 30.3 Å². The molecule has 0 aromatic heterocycles. The van der Waals surface area contributed by atoms with Gasteiger partial charge in [0.2, 0.25) is 0 Å². The summed E-state index contributed by atoms with van der Waals surface area (Å²) in [4.78, 5) is 24.2. The third kappa shape index (κ3) is 4.54. The van der Waals surface area contributed by atoms with Gasteiger partial charge in [0.15, 0.2) is 12.4 Å². The smallest absolute Gasteiger partial charge is 0.338 e. The Bertz CT molecular complexity index is 887. The van der Waals surface area contributed by atoms with Crippen molar-refractivity contribution >= 4 is 34.3 Å². The molecule has 0 N–H and O–H groups in total. The number of Topliss-reactive ketones (excluding diaryl/α,β-unsaturated/α-hetero) is 1. The van der Waals surface area contributed by atoms with Crippen LogP contribution in [0, 0.1) is 3.57 Å². The van der Waals surface area contributed by atoms with Gasteiger partial charge in [-0.1, -0.05) is 60.7 Å². The van der Waals surface area contributed by atoms with Crippen LogP contribution >= 0.6 is 22.6 Å². The van der Waals surface area contributed by atoms with Crippen LogP contribution in [0.1, 0.15) is 20.7 Å². The van der Waals surface area contributed by atoms with Crippen LogP contribution in [-0.2, 0) is 4.74 Å². The molecule has 0 atom stereocenters. The zero-order valence-corrected chi connectivity index (χ0v) is 15.5. The van der Waals surface area contributed by atoms with E-state index in [4.69, 9.17) is 4.74 Å². The minimum atomic E-state index is -0.493. The molecule has 124 valence electrons. The van der Waals surface area contributed by atoms with Crippen LogP contribution in [-0.4, -0.2) is 18.4 Å². The largest absolute Gasteiger partial charge is 0.454 e. The van der Waals surface area contributed by atoms with E-state index in [1.165, 1.54) is 0 Å². The maximum atomic E-state index is 12.2. The Morgan fingerprint density at radius 3 is 2.12 bits per heavy atom. The Balaban J connectivity index is 1.63. The van der Waals surface area contributed by atoms with Gasteiger partial charge < -0.3 is 4.74 Å². The molecule has 0 saturated heterocycles. The van der Waals surface area contributed by atoms with Crippen LogP contribution in [0.4, 0.5) is 0 Å². The second kappa shape index (κ2) is 8.07. The van der Waals surface area contributed by atoms with Crippen LogP contribution in [0.15, 0.2) is 78.9 Å². The molecular formula is C21H15IO3. The van der Waals surface area contributed by atoms with Crippen LogP contribution < -0.4 is 0 Å². The van der Waals surface area contributed by atoms with E-state index >= 15 is 0 Å². The van der Waals surface area contributed by atoms with Gasteiger partial charge in [0, 0.05) is 9.13 Å². The molecule has 0 amide bonds. The molecule has 0 spiro atoms. The van der Waals surface area contributed by atoms with Crippen molar-refractivity contribution in [3.05, 3.63) is 93.6 Å². The van der Waals surface area contributed by atoms with Crippen molar-refractivity contribution in [2.75, 3.05) is 6.61 Å². The number of hydrogen-bond donors (Lipinski definition) is 0. The highest BCUT2D eigenvalue weighted by atomic mass is 127. The molecular weight excluding hydrogens is 427 g/mol. The minimum absolute atomic E-state index is 0.224. The lowest BCUT2D eigenvalue weighted by atomic mass is 10.0. The van der Waals surface area contributed by atoms with Crippen LogP contribution in [0.3, 0.4) is 0 Å². The molecule has 0 unspecified atom stereocenters. The number of halogens is 1. The van der Waals surface area contributed by atoms with Crippen molar-refractivity contribution in [1.82, 2.24) is 0 Å². The van der Waals surface area contributed by atoms with Crippen molar-refractivity contribution in [2.24, 2.45) is 0 Å². The van der Waals surface area contributed by atoms with Crippen molar-refractivity contribution in [3.63, 3.8) is 0 Å². The van der Waals surface area contributed by atoms with Crippen LogP contribution in [0.25, 0.3) is 11.1 Å². The summed E-state index contributed by atoms with van der Waals surface area (Å²) in [7, 11) is 0. The SMILES string of the molecule is O=C(COC(=O)c1cccc(I)c1)c1ccc(-c2ccccc2)cc1. The molecule has 0 aliphatic carbocycles. The molecule has 3 aromatic carbocycles. The Kier molecular flexibility index (Phi) is 5.60. The van der Waals surface area contributed by atoms with Crippen molar-refractivity contribution < 1.29 is 14.3 Å². The predicted molar refractivity (Wildman–Crippen MR) is 106 cm³/mol. The maximum absolute atomic E-state index is 12.2. The Morgan fingerprint density at radius 2 is 1.44 bits per heavy atom. The molecule has 0 bridgehead atoms. The van der Waals surface area contributed by atoms with Gasteiger partial charge in [0.25, 0.3) is 0 Å². The summed E-state index contributed by atoms with van der Waals surface area (Å²) in [5, 5.41) is 0. The molecule has 0 aliphatic heterocycles. The average molecular weight is 442 g/mol. The van der Waals surface area contributed by atoms with Crippen LogP contribution in [0.2, 0.25) is 0 Å². The van der Waals surface area contributed by atoms with Gasteiger partial charge in [-0.15, -0.1) is 0 Å². The second-order valence-corrected chi connectivity index (χ2v) is 6.70. The number of ether oxygens (including phenoxy) is 1. The topological polar surface area (TPSA) is 43.4 Å². The molecule has 4 heteroatoms. The standard InChI is InChI=1S/C21H15IO3/c22-19-8-4-7-18(13-19)21(24)25-14-20(23)17-11-9-16(10-12-17)15-5-2-1-3-6-15/h1-13H,14H2. The maximum Gasteiger partial charge on any atom is 0.338 e. The zero-order valence-electron chi connectivity index (χ0n) is 13.3. The second-order valence-electron chi connectivity index (χ2n) is 5.45. The first-order valence-corrected chi connectivity index (χ1v) is 8.83. The summed E-state index contributed by atoms with van der Waals surface area (Å²) < 4.78 is 6.06. The fourth-order valence-electron chi connectivity index (χ4n) is 2.39. The van der Waals surface area contributed by atoms with Crippen molar-refractivity contribution in [2.45, 2.75) is 0 Å². The third-order valence-corrected chi connectivity index (χ3v) is 4.38. The molecule has 25 heavy (non-hydrogen) atoms. The number of benzene rings is 3. The number of carbonyl (C=O) groups excluding carboxylic acids is 2. The highest BCUT2D eigenvalue weighted by molar-refractivity contribution is 14.1. The molecule has 3 nitrogen and oxygen atoms in total. The number of carbonyl (C=O) groups is 2. The van der Waals surface area contributed by atoms with E-state index in [2.05, 4.69) is 22.6 Å². The first-order valence-electron chi connectivity index (χ1n) is 7.75. The summed E-state index contributed by atoms with van der Waals surface area (Å²) in [5.41, 5.74) is 3.09. The zero-order chi connectivity index (χ0) is 17.6. The summed E-state index contributed by atoms with van der Waals surface area (Å²) in [6.07, 6.45) is 0. The van der Waals surface area contributed by atoms with Crippen molar-refractivity contribution in [3.8, 4) is 11.1 Å². The van der Waals surface area contributed by atoms with Gasteiger partial charge in [-0.2, -0.15) is 0 Å². The Hall–Kier alpha value is -2.47. The monoisotopic (exact) mass is 442 g/mol. The van der Waals surface area contributed by atoms with E-state index in [9.17, 15) is 9.59 Å².